The van der Waals surface area contributed by atoms with Gasteiger partial charge in [-0.1, -0.05) is 0 Å². The molecule has 0 unspecified atom stereocenters. The van der Waals surface area contributed by atoms with Crippen molar-refractivity contribution in [2.45, 2.75) is 55.4 Å². The van der Waals surface area contributed by atoms with E-state index < -0.39 is 0 Å². The molecule has 0 spiro atoms. The van der Waals surface area contributed by atoms with Gasteiger partial charge in [0.05, 0.1) is 22.6 Å². The Labute approximate surface area is 164 Å². The summed E-state index contributed by atoms with van der Waals surface area (Å²) in [6.07, 6.45) is 0. The van der Waals surface area contributed by atoms with Crippen LogP contribution in [0.15, 0.2) is 0 Å². The molecule has 28 heavy (non-hydrogen) atoms. The Kier molecular flexibility index (Phi) is 4.74. The Bertz CT molecular complexity index is 1120. The maximum Gasteiger partial charge on any atom is 0.222 e. The predicted octanol–water partition coefficient (Wildman–Crippen LogP) is 3.09. The minimum absolute atomic E-state index is 0.462. The standard InChI is InChI=1S/2C10H14N4/c1-5-6(2)9-10(11)12-8(4)14(9)13-7(5)3;1-5-6(2)9-8(4)12-10(11)14(9)13-7(5)3/h11H2,1-4H3;1-4H3,(H2,11,12). The summed E-state index contributed by atoms with van der Waals surface area (Å²) < 4.78 is 3.53. The number of fused-ring (bicyclic) bond motifs is 2. The van der Waals surface area contributed by atoms with E-state index in [-0.39, 0.29) is 0 Å². The lowest BCUT2D eigenvalue weighted by Crippen LogP contribution is -2.03. The lowest BCUT2D eigenvalue weighted by molar-refractivity contribution is 0.838. The zero-order chi connectivity index (χ0) is 20.9. The molecule has 0 bridgehead atoms. The Morgan fingerprint density at radius 2 is 1.07 bits per heavy atom. The first kappa shape index (κ1) is 19.6. The van der Waals surface area contributed by atoms with E-state index in [1.165, 1.54) is 16.7 Å². The highest BCUT2D eigenvalue weighted by Gasteiger charge is 2.13. The van der Waals surface area contributed by atoms with Crippen molar-refractivity contribution in [3.63, 3.8) is 0 Å². The second-order valence-corrected chi connectivity index (χ2v) is 7.29. The first-order valence-electron chi connectivity index (χ1n) is 9.21. The monoisotopic (exact) mass is 380 g/mol. The predicted molar refractivity (Wildman–Crippen MR) is 113 cm³/mol. The summed E-state index contributed by atoms with van der Waals surface area (Å²) in [6, 6.07) is 0. The molecule has 4 N–H and O–H groups in total. The fourth-order valence-electron chi connectivity index (χ4n) is 3.44. The van der Waals surface area contributed by atoms with E-state index >= 15 is 0 Å². The second kappa shape index (κ2) is 6.78. The Hall–Kier alpha value is -3.16. The summed E-state index contributed by atoms with van der Waals surface area (Å²) in [7, 11) is 0. The fourth-order valence-corrected chi connectivity index (χ4v) is 3.44. The van der Waals surface area contributed by atoms with Gasteiger partial charge in [0.25, 0.3) is 0 Å². The summed E-state index contributed by atoms with van der Waals surface area (Å²) in [6.45, 7) is 16.1. The third-order valence-corrected chi connectivity index (χ3v) is 5.52. The molecule has 0 fully saturated rings. The van der Waals surface area contributed by atoms with Crippen molar-refractivity contribution < 1.29 is 0 Å². The van der Waals surface area contributed by atoms with Crippen LogP contribution in [0.4, 0.5) is 11.8 Å². The van der Waals surface area contributed by atoms with Crippen LogP contribution in [0.5, 0.6) is 0 Å². The molecule has 0 radical (unpaired) electrons. The lowest BCUT2D eigenvalue weighted by atomic mass is 10.1. The van der Waals surface area contributed by atoms with Crippen LogP contribution in [-0.4, -0.2) is 29.2 Å². The van der Waals surface area contributed by atoms with E-state index in [1.807, 2.05) is 32.2 Å². The molecule has 0 amide bonds. The molecule has 0 saturated carbocycles. The molecule has 0 atom stereocenters. The van der Waals surface area contributed by atoms with E-state index in [0.29, 0.717) is 11.8 Å². The maximum absolute atomic E-state index is 5.82. The number of imidazole rings is 2. The molecule has 8 nitrogen and oxygen atoms in total. The molecule has 0 aliphatic carbocycles. The van der Waals surface area contributed by atoms with Crippen molar-refractivity contribution in [2.75, 3.05) is 11.5 Å². The zero-order valence-corrected chi connectivity index (χ0v) is 17.8. The number of nitrogen functional groups attached to an aromatic ring is 2. The van der Waals surface area contributed by atoms with Crippen molar-refractivity contribution in [1.82, 2.24) is 29.2 Å². The van der Waals surface area contributed by atoms with Gasteiger partial charge in [0, 0.05) is 0 Å². The smallest absolute Gasteiger partial charge is 0.222 e. The molecule has 4 heterocycles. The first-order chi connectivity index (χ1) is 13.0. The number of nitrogens with zero attached hydrogens (tertiary/aromatic N) is 6. The van der Waals surface area contributed by atoms with Gasteiger partial charge in [-0.05, 0) is 77.6 Å². The van der Waals surface area contributed by atoms with E-state index in [9.17, 15) is 0 Å². The average molecular weight is 381 g/mol. The summed E-state index contributed by atoms with van der Waals surface area (Å²) in [5.41, 5.74) is 21.3. The van der Waals surface area contributed by atoms with Gasteiger partial charge in [0.15, 0.2) is 5.82 Å². The van der Waals surface area contributed by atoms with E-state index in [4.69, 9.17) is 11.5 Å². The number of hydrogen-bond acceptors (Lipinski definition) is 6. The van der Waals surface area contributed by atoms with Gasteiger partial charge >= 0.3 is 0 Å². The van der Waals surface area contributed by atoms with Crippen molar-refractivity contribution in [1.29, 1.82) is 0 Å². The third kappa shape index (κ3) is 2.94. The van der Waals surface area contributed by atoms with Gasteiger partial charge in [-0.3, -0.25) is 0 Å². The number of aryl methyl sites for hydroxylation is 6. The van der Waals surface area contributed by atoms with Crippen molar-refractivity contribution in [3.05, 3.63) is 45.2 Å². The van der Waals surface area contributed by atoms with Gasteiger partial charge < -0.3 is 11.5 Å². The summed E-state index contributed by atoms with van der Waals surface area (Å²) in [5.74, 6) is 1.86. The molecular weight excluding hydrogens is 352 g/mol. The third-order valence-electron chi connectivity index (χ3n) is 5.52. The lowest BCUT2D eigenvalue weighted by Gasteiger charge is -2.06. The largest absolute Gasteiger partial charge is 0.382 e. The van der Waals surface area contributed by atoms with Crippen molar-refractivity contribution >= 4 is 22.8 Å². The Morgan fingerprint density at radius 3 is 1.64 bits per heavy atom. The van der Waals surface area contributed by atoms with E-state index in [1.54, 1.807) is 4.52 Å². The number of rotatable bonds is 0. The molecule has 0 aromatic carbocycles. The minimum atomic E-state index is 0.462. The van der Waals surface area contributed by atoms with Gasteiger partial charge in [-0.25, -0.2) is 14.5 Å². The maximum atomic E-state index is 5.82. The molecule has 4 rings (SSSR count). The van der Waals surface area contributed by atoms with Crippen molar-refractivity contribution in [3.8, 4) is 0 Å². The van der Waals surface area contributed by atoms with E-state index in [2.05, 4.69) is 47.9 Å². The van der Waals surface area contributed by atoms with Crippen molar-refractivity contribution in [2.24, 2.45) is 0 Å². The van der Waals surface area contributed by atoms with Crippen LogP contribution >= 0.6 is 0 Å². The van der Waals surface area contributed by atoms with Crippen LogP contribution < -0.4 is 11.5 Å². The van der Waals surface area contributed by atoms with Crippen LogP contribution in [0.2, 0.25) is 0 Å². The molecule has 0 saturated heterocycles. The van der Waals surface area contributed by atoms with Crippen LogP contribution in [-0.2, 0) is 0 Å². The fraction of sp³-hybridized carbons (Fsp3) is 0.400. The SMILES string of the molecule is Cc1nn2c(C)nc(N)c2c(C)c1C.Cc1nn2c(N)nc(C)c2c(C)c1C. The van der Waals surface area contributed by atoms with Crippen LogP contribution in [0.3, 0.4) is 0 Å². The zero-order valence-electron chi connectivity index (χ0n) is 17.8. The normalized spacial score (nSPS) is 11.1. The quantitative estimate of drug-likeness (QED) is 0.485. The summed E-state index contributed by atoms with van der Waals surface area (Å²) in [5, 5.41) is 8.82. The van der Waals surface area contributed by atoms with Gasteiger partial charge in [0.2, 0.25) is 5.95 Å². The number of anilines is 2. The highest BCUT2D eigenvalue weighted by molar-refractivity contribution is 5.72. The number of hydrogen-bond donors (Lipinski definition) is 2. The van der Waals surface area contributed by atoms with E-state index in [0.717, 1.165) is 39.5 Å². The molecule has 0 aliphatic rings. The van der Waals surface area contributed by atoms with Gasteiger partial charge in [-0.2, -0.15) is 14.7 Å². The Morgan fingerprint density at radius 1 is 0.571 bits per heavy atom. The molecule has 4 aromatic rings. The highest BCUT2D eigenvalue weighted by Crippen LogP contribution is 2.22. The van der Waals surface area contributed by atoms with Crippen LogP contribution in [0.1, 0.15) is 45.2 Å². The molecular formula is C20H28N8. The number of nitrogens with two attached hydrogens (primary N) is 2. The first-order valence-corrected chi connectivity index (χ1v) is 9.21. The van der Waals surface area contributed by atoms with Gasteiger partial charge in [-0.15, -0.1) is 0 Å². The van der Waals surface area contributed by atoms with Crippen LogP contribution in [0.25, 0.3) is 11.0 Å². The molecule has 4 aromatic heterocycles. The van der Waals surface area contributed by atoms with Gasteiger partial charge in [0.1, 0.15) is 11.3 Å². The Balaban J connectivity index is 0.000000161. The molecule has 148 valence electrons. The average Bonchev–Trinajstić information content (AvgIpc) is 3.06. The highest BCUT2D eigenvalue weighted by atomic mass is 15.3. The topological polar surface area (TPSA) is 112 Å². The number of aromatic nitrogens is 6. The molecule has 0 aliphatic heterocycles. The summed E-state index contributed by atoms with van der Waals surface area (Å²) in [4.78, 5) is 8.42. The molecule has 8 heteroatoms. The summed E-state index contributed by atoms with van der Waals surface area (Å²) >= 11 is 0. The minimum Gasteiger partial charge on any atom is -0.382 e. The second-order valence-electron chi connectivity index (χ2n) is 7.29. The van der Waals surface area contributed by atoms with Crippen LogP contribution in [0, 0.1) is 55.4 Å².